The summed E-state index contributed by atoms with van der Waals surface area (Å²) in [4.78, 5) is 25.4. The van der Waals surface area contributed by atoms with Crippen molar-refractivity contribution >= 4 is 40.8 Å². The third-order valence-corrected chi connectivity index (χ3v) is 3.86. The molecule has 1 atom stereocenters. The molecule has 0 aromatic heterocycles. The van der Waals surface area contributed by atoms with Gasteiger partial charge in [0.15, 0.2) is 0 Å². The van der Waals surface area contributed by atoms with Crippen LogP contribution in [0, 0.1) is 5.82 Å². The molecule has 2 aromatic carbocycles. The Hall–Kier alpha value is -2.11. The maximum Gasteiger partial charge on any atom is 0.329 e. The highest BCUT2D eigenvalue weighted by Crippen LogP contribution is 2.33. The van der Waals surface area contributed by atoms with E-state index in [0.717, 1.165) is 6.07 Å². The Morgan fingerprint density at radius 3 is 2.36 bits per heavy atom. The van der Waals surface area contributed by atoms with Gasteiger partial charge < -0.3 is 0 Å². The summed E-state index contributed by atoms with van der Waals surface area (Å²) in [7, 11) is 0. The quantitative estimate of drug-likeness (QED) is 0.843. The van der Waals surface area contributed by atoms with Gasteiger partial charge in [-0.2, -0.15) is 0 Å². The molecule has 0 aliphatic carbocycles. The Morgan fingerprint density at radius 2 is 1.73 bits per heavy atom. The topological polar surface area (TPSA) is 49.4 Å². The van der Waals surface area contributed by atoms with Crippen LogP contribution >= 0.6 is 23.2 Å². The van der Waals surface area contributed by atoms with Gasteiger partial charge in [0, 0.05) is 10.7 Å². The summed E-state index contributed by atoms with van der Waals surface area (Å²) in [6.45, 7) is 0. The highest BCUT2D eigenvalue weighted by Gasteiger charge is 2.40. The number of imide groups is 1. The molecule has 0 radical (unpaired) electrons. The molecule has 2 aromatic rings. The fourth-order valence-corrected chi connectivity index (χ4v) is 2.63. The molecule has 1 aliphatic heterocycles. The minimum absolute atomic E-state index is 0.110. The molecule has 1 N–H and O–H groups in total. The van der Waals surface area contributed by atoms with E-state index in [2.05, 4.69) is 5.32 Å². The van der Waals surface area contributed by atoms with E-state index in [-0.39, 0.29) is 5.02 Å². The summed E-state index contributed by atoms with van der Waals surface area (Å²) in [6, 6.07) is 8.92. The van der Waals surface area contributed by atoms with Crippen molar-refractivity contribution in [1.82, 2.24) is 5.32 Å². The first-order valence-corrected chi connectivity index (χ1v) is 7.07. The van der Waals surface area contributed by atoms with Gasteiger partial charge >= 0.3 is 6.03 Å². The van der Waals surface area contributed by atoms with Gasteiger partial charge in [-0.25, -0.2) is 9.18 Å². The predicted molar refractivity (Wildman–Crippen MR) is 81.6 cm³/mol. The molecule has 112 valence electrons. The van der Waals surface area contributed by atoms with E-state index in [1.807, 2.05) is 0 Å². The van der Waals surface area contributed by atoms with Crippen LogP contribution in [0.25, 0.3) is 0 Å². The van der Waals surface area contributed by atoms with Gasteiger partial charge in [0.25, 0.3) is 5.91 Å². The first-order valence-electron chi connectivity index (χ1n) is 6.32. The van der Waals surface area contributed by atoms with E-state index in [1.54, 1.807) is 24.3 Å². The van der Waals surface area contributed by atoms with E-state index in [4.69, 9.17) is 23.2 Å². The Morgan fingerprint density at radius 1 is 1.05 bits per heavy atom. The molecule has 1 heterocycles. The second-order valence-electron chi connectivity index (χ2n) is 4.72. The second kappa shape index (κ2) is 5.59. The van der Waals surface area contributed by atoms with Crippen molar-refractivity contribution in [2.45, 2.75) is 6.04 Å². The summed E-state index contributed by atoms with van der Waals surface area (Å²) in [5.41, 5.74) is 0.919. The van der Waals surface area contributed by atoms with E-state index in [1.165, 1.54) is 17.0 Å². The molecule has 3 amide bonds. The molecule has 0 bridgehead atoms. The van der Waals surface area contributed by atoms with Gasteiger partial charge in [0.05, 0.1) is 5.02 Å². The molecule has 3 rings (SSSR count). The van der Waals surface area contributed by atoms with Gasteiger partial charge in [0.2, 0.25) is 0 Å². The number of anilines is 1. The molecule has 7 heteroatoms. The van der Waals surface area contributed by atoms with Crippen molar-refractivity contribution in [2.75, 3.05) is 4.90 Å². The van der Waals surface area contributed by atoms with Crippen LogP contribution in [-0.4, -0.2) is 11.9 Å². The summed E-state index contributed by atoms with van der Waals surface area (Å²) in [5.74, 6) is -1.09. The first-order chi connectivity index (χ1) is 10.5. The van der Waals surface area contributed by atoms with Crippen LogP contribution in [0.15, 0.2) is 42.5 Å². The Kier molecular flexibility index (Phi) is 3.76. The summed E-state index contributed by atoms with van der Waals surface area (Å²) < 4.78 is 13.3. The molecule has 1 unspecified atom stereocenters. The number of nitrogens with one attached hydrogen (secondary N) is 1. The highest BCUT2D eigenvalue weighted by molar-refractivity contribution is 6.31. The van der Waals surface area contributed by atoms with Crippen molar-refractivity contribution in [3.8, 4) is 0 Å². The molecule has 4 nitrogen and oxygen atoms in total. The molecule has 1 aliphatic rings. The van der Waals surface area contributed by atoms with Gasteiger partial charge in [-0.05, 0) is 42.0 Å². The number of halogens is 3. The number of rotatable bonds is 2. The van der Waals surface area contributed by atoms with Crippen molar-refractivity contribution < 1.29 is 14.0 Å². The highest BCUT2D eigenvalue weighted by atomic mass is 35.5. The Labute approximate surface area is 135 Å². The van der Waals surface area contributed by atoms with Crippen LogP contribution < -0.4 is 10.2 Å². The zero-order chi connectivity index (χ0) is 15.9. The third kappa shape index (κ3) is 2.53. The van der Waals surface area contributed by atoms with Gasteiger partial charge in [-0.15, -0.1) is 0 Å². The van der Waals surface area contributed by atoms with Crippen molar-refractivity contribution in [2.24, 2.45) is 0 Å². The molecule has 1 fully saturated rings. The number of hydrogen-bond donors (Lipinski definition) is 1. The monoisotopic (exact) mass is 338 g/mol. The fraction of sp³-hybridized carbons (Fsp3) is 0.0667. The lowest BCUT2D eigenvalue weighted by molar-refractivity contribution is -0.119. The predicted octanol–water partition coefficient (Wildman–Crippen LogP) is 3.93. The van der Waals surface area contributed by atoms with Crippen LogP contribution in [-0.2, 0) is 4.79 Å². The van der Waals surface area contributed by atoms with Crippen molar-refractivity contribution in [1.29, 1.82) is 0 Å². The smallest absolute Gasteiger partial charge is 0.277 e. The van der Waals surface area contributed by atoms with E-state index >= 15 is 0 Å². The standard InChI is InChI=1S/C15H9Cl2FN2O2/c16-9-2-4-10(5-3-9)20-13(14(21)19-15(20)22)8-1-6-12(18)11(17)7-8/h1-7,13H,(H,19,21,22). The largest absolute Gasteiger partial charge is 0.329 e. The van der Waals surface area contributed by atoms with Crippen LogP contribution in [0.2, 0.25) is 10.0 Å². The average molecular weight is 339 g/mol. The maximum absolute atomic E-state index is 13.3. The molecule has 0 spiro atoms. The lowest BCUT2D eigenvalue weighted by atomic mass is 10.1. The number of nitrogens with zero attached hydrogens (tertiary/aromatic N) is 1. The summed E-state index contributed by atoms with van der Waals surface area (Å²) in [5, 5.41) is 2.64. The number of benzene rings is 2. The number of urea groups is 1. The maximum atomic E-state index is 13.3. The zero-order valence-corrected chi connectivity index (χ0v) is 12.5. The van der Waals surface area contributed by atoms with Crippen molar-refractivity contribution in [3.63, 3.8) is 0 Å². The number of carbonyl (C=O) groups excluding carboxylic acids is 2. The summed E-state index contributed by atoms with van der Waals surface area (Å²) in [6.07, 6.45) is 0. The van der Waals surface area contributed by atoms with E-state index < -0.39 is 23.8 Å². The molecular formula is C15H9Cl2FN2O2. The van der Waals surface area contributed by atoms with Crippen molar-refractivity contribution in [3.05, 3.63) is 63.9 Å². The van der Waals surface area contributed by atoms with Crippen LogP contribution in [0.1, 0.15) is 11.6 Å². The van der Waals surface area contributed by atoms with Gasteiger partial charge in [-0.1, -0.05) is 29.3 Å². The Bertz CT molecular complexity index is 765. The zero-order valence-electron chi connectivity index (χ0n) is 11.0. The fourth-order valence-electron chi connectivity index (χ4n) is 2.32. The normalized spacial score (nSPS) is 17.8. The second-order valence-corrected chi connectivity index (χ2v) is 5.56. The lowest BCUT2D eigenvalue weighted by Crippen LogP contribution is -2.29. The average Bonchev–Trinajstić information content (AvgIpc) is 2.77. The number of amides is 3. The molecule has 22 heavy (non-hydrogen) atoms. The van der Waals surface area contributed by atoms with Gasteiger partial charge in [0.1, 0.15) is 11.9 Å². The number of hydrogen-bond acceptors (Lipinski definition) is 2. The molecule has 0 saturated carbocycles. The van der Waals surface area contributed by atoms with Crippen LogP contribution in [0.5, 0.6) is 0 Å². The SMILES string of the molecule is O=C1NC(=O)N(c2ccc(Cl)cc2)C1c1ccc(F)c(Cl)c1. The number of carbonyl (C=O) groups is 2. The lowest BCUT2D eigenvalue weighted by Gasteiger charge is -2.22. The minimum Gasteiger partial charge on any atom is -0.277 e. The molecular weight excluding hydrogens is 330 g/mol. The van der Waals surface area contributed by atoms with E-state index in [9.17, 15) is 14.0 Å². The molecule has 1 saturated heterocycles. The Balaban J connectivity index is 2.06. The van der Waals surface area contributed by atoms with Crippen LogP contribution in [0.4, 0.5) is 14.9 Å². The summed E-state index contributed by atoms with van der Waals surface area (Å²) >= 11 is 11.6. The van der Waals surface area contributed by atoms with E-state index in [0.29, 0.717) is 16.3 Å². The van der Waals surface area contributed by atoms with Gasteiger partial charge in [-0.3, -0.25) is 15.0 Å². The van der Waals surface area contributed by atoms with Crippen LogP contribution in [0.3, 0.4) is 0 Å². The minimum atomic E-state index is -0.910. The third-order valence-electron chi connectivity index (χ3n) is 3.32. The first kappa shape index (κ1) is 14.8.